The second-order valence-electron chi connectivity index (χ2n) is 7.56. The van der Waals surface area contributed by atoms with E-state index in [2.05, 4.69) is 5.32 Å². The SMILES string of the molecule is COc1ccc(S(=O)(=O)c2cn(CC(=O)Nc3ccccc3)c3ccc(C)cc3c2=O)cc1. The standard InChI is InChI=1S/C25H22N2O5S/c1-17-8-13-22-21(14-17)25(29)23(33(30,31)20-11-9-19(32-2)10-12-20)15-27(22)16-24(28)26-18-6-4-3-5-7-18/h3-15H,16H2,1-2H3,(H,26,28). The van der Waals surface area contributed by atoms with Crippen LogP contribution >= 0.6 is 0 Å². The fourth-order valence-corrected chi connectivity index (χ4v) is 4.93. The molecule has 1 N–H and O–H groups in total. The molecule has 0 aliphatic rings. The number of fused-ring (bicyclic) bond motifs is 1. The maximum atomic E-state index is 13.4. The van der Waals surface area contributed by atoms with Crippen LogP contribution in [-0.2, 0) is 21.2 Å². The van der Waals surface area contributed by atoms with Crippen molar-refractivity contribution in [3.63, 3.8) is 0 Å². The number of methoxy groups -OCH3 is 1. The molecule has 7 nitrogen and oxygen atoms in total. The Morgan fingerprint density at radius 2 is 1.70 bits per heavy atom. The van der Waals surface area contributed by atoms with E-state index in [1.54, 1.807) is 36.4 Å². The average molecular weight is 463 g/mol. The van der Waals surface area contributed by atoms with Crippen LogP contribution in [0.25, 0.3) is 10.9 Å². The summed E-state index contributed by atoms with van der Waals surface area (Å²) in [5.41, 5.74) is 1.29. The highest BCUT2D eigenvalue weighted by Crippen LogP contribution is 2.24. The van der Waals surface area contributed by atoms with Crippen molar-refractivity contribution in [2.45, 2.75) is 23.3 Å². The molecule has 33 heavy (non-hydrogen) atoms. The first-order valence-electron chi connectivity index (χ1n) is 10.2. The number of anilines is 1. The third kappa shape index (κ3) is 4.51. The summed E-state index contributed by atoms with van der Waals surface area (Å²) in [4.78, 5) is 25.5. The number of aromatic nitrogens is 1. The molecule has 1 aromatic heterocycles. The maximum Gasteiger partial charge on any atom is 0.244 e. The van der Waals surface area contributed by atoms with Gasteiger partial charge in [-0.05, 0) is 55.5 Å². The first kappa shape index (κ1) is 22.3. The molecular formula is C25H22N2O5S. The number of benzene rings is 3. The van der Waals surface area contributed by atoms with Gasteiger partial charge in [-0.15, -0.1) is 0 Å². The minimum Gasteiger partial charge on any atom is -0.497 e. The zero-order chi connectivity index (χ0) is 23.6. The first-order valence-corrected chi connectivity index (χ1v) is 11.7. The Kier molecular flexibility index (Phi) is 6.02. The van der Waals surface area contributed by atoms with Gasteiger partial charge in [-0.3, -0.25) is 9.59 Å². The van der Waals surface area contributed by atoms with E-state index in [0.29, 0.717) is 17.0 Å². The van der Waals surface area contributed by atoms with Gasteiger partial charge in [-0.2, -0.15) is 0 Å². The number of aryl methyl sites for hydroxylation is 1. The quantitative estimate of drug-likeness (QED) is 0.471. The molecule has 8 heteroatoms. The maximum absolute atomic E-state index is 13.4. The van der Waals surface area contributed by atoms with E-state index >= 15 is 0 Å². The number of nitrogens with zero attached hydrogens (tertiary/aromatic N) is 1. The van der Waals surface area contributed by atoms with Gasteiger partial charge >= 0.3 is 0 Å². The van der Waals surface area contributed by atoms with Crippen LogP contribution in [0, 0.1) is 6.92 Å². The lowest BCUT2D eigenvalue weighted by Crippen LogP contribution is -2.24. The Bertz CT molecular complexity index is 1490. The summed E-state index contributed by atoms with van der Waals surface area (Å²) < 4.78 is 33.3. The Hall–Kier alpha value is -3.91. The smallest absolute Gasteiger partial charge is 0.244 e. The van der Waals surface area contributed by atoms with Crippen molar-refractivity contribution in [3.05, 3.63) is 94.8 Å². The molecule has 0 atom stereocenters. The normalized spacial score (nSPS) is 11.3. The predicted molar refractivity (Wildman–Crippen MR) is 126 cm³/mol. The average Bonchev–Trinajstić information content (AvgIpc) is 2.81. The predicted octanol–water partition coefficient (Wildman–Crippen LogP) is 3.79. The summed E-state index contributed by atoms with van der Waals surface area (Å²) in [6, 6.07) is 19.9. The summed E-state index contributed by atoms with van der Waals surface area (Å²) in [5, 5.41) is 3.02. The van der Waals surface area contributed by atoms with Crippen LogP contribution < -0.4 is 15.5 Å². The highest BCUT2D eigenvalue weighted by molar-refractivity contribution is 7.91. The minimum absolute atomic E-state index is 0.0345. The van der Waals surface area contributed by atoms with Gasteiger partial charge in [0, 0.05) is 17.3 Å². The molecule has 0 fully saturated rings. The zero-order valence-corrected chi connectivity index (χ0v) is 18.9. The summed E-state index contributed by atoms with van der Waals surface area (Å²) >= 11 is 0. The fourth-order valence-electron chi connectivity index (χ4n) is 3.57. The van der Waals surface area contributed by atoms with Crippen LogP contribution in [0.3, 0.4) is 0 Å². The van der Waals surface area contributed by atoms with E-state index in [4.69, 9.17) is 4.74 Å². The van der Waals surface area contributed by atoms with E-state index in [9.17, 15) is 18.0 Å². The Morgan fingerprint density at radius 3 is 2.36 bits per heavy atom. The lowest BCUT2D eigenvalue weighted by molar-refractivity contribution is -0.116. The van der Waals surface area contributed by atoms with Crippen LogP contribution in [0.2, 0.25) is 0 Å². The molecule has 0 unspecified atom stereocenters. The van der Waals surface area contributed by atoms with Crippen LogP contribution in [0.5, 0.6) is 5.75 Å². The number of hydrogen-bond acceptors (Lipinski definition) is 5. The number of carbonyl (C=O) groups excluding carboxylic acids is 1. The minimum atomic E-state index is -4.14. The number of carbonyl (C=O) groups is 1. The first-order chi connectivity index (χ1) is 15.8. The Balaban J connectivity index is 1.82. The van der Waals surface area contributed by atoms with Crippen molar-refractivity contribution < 1.29 is 17.9 Å². The summed E-state index contributed by atoms with van der Waals surface area (Å²) in [6.07, 6.45) is 1.24. The van der Waals surface area contributed by atoms with Crippen molar-refractivity contribution in [3.8, 4) is 5.75 Å². The molecule has 0 spiro atoms. The number of amides is 1. The molecule has 0 saturated carbocycles. The van der Waals surface area contributed by atoms with Gasteiger partial charge in [-0.1, -0.05) is 29.8 Å². The number of ether oxygens (including phenoxy) is 1. The molecule has 3 aromatic carbocycles. The van der Waals surface area contributed by atoms with E-state index < -0.39 is 20.2 Å². The van der Waals surface area contributed by atoms with Crippen molar-refractivity contribution >= 4 is 32.3 Å². The van der Waals surface area contributed by atoms with Crippen LogP contribution in [-0.4, -0.2) is 26.0 Å². The Labute approximate surface area is 191 Å². The second kappa shape index (κ2) is 8.91. The number of pyridine rings is 1. The van der Waals surface area contributed by atoms with Gasteiger partial charge in [0.05, 0.1) is 17.5 Å². The second-order valence-corrected chi connectivity index (χ2v) is 9.48. The molecule has 0 radical (unpaired) electrons. The van der Waals surface area contributed by atoms with Crippen LogP contribution in [0.4, 0.5) is 5.69 Å². The van der Waals surface area contributed by atoms with Gasteiger partial charge in [0.15, 0.2) is 0 Å². The lowest BCUT2D eigenvalue weighted by Gasteiger charge is -2.15. The van der Waals surface area contributed by atoms with Crippen LogP contribution in [0.1, 0.15) is 5.56 Å². The number of sulfone groups is 1. The molecule has 0 bridgehead atoms. The molecule has 4 rings (SSSR count). The van der Waals surface area contributed by atoms with Crippen LogP contribution in [0.15, 0.2) is 93.6 Å². The third-order valence-electron chi connectivity index (χ3n) is 5.23. The molecule has 0 aliphatic heterocycles. The zero-order valence-electron chi connectivity index (χ0n) is 18.1. The topological polar surface area (TPSA) is 94.5 Å². The lowest BCUT2D eigenvalue weighted by atomic mass is 10.1. The molecule has 0 saturated heterocycles. The highest BCUT2D eigenvalue weighted by atomic mass is 32.2. The van der Waals surface area contributed by atoms with E-state index in [1.165, 1.54) is 42.1 Å². The van der Waals surface area contributed by atoms with Gasteiger partial charge in [0.25, 0.3) is 0 Å². The van der Waals surface area contributed by atoms with Gasteiger partial charge in [0.1, 0.15) is 17.2 Å². The van der Waals surface area contributed by atoms with Crippen molar-refractivity contribution in [1.29, 1.82) is 0 Å². The van der Waals surface area contributed by atoms with E-state index in [1.807, 2.05) is 19.1 Å². The summed E-state index contributed by atoms with van der Waals surface area (Å²) in [6.45, 7) is 1.65. The molecule has 4 aromatic rings. The van der Waals surface area contributed by atoms with E-state index in [-0.39, 0.29) is 22.7 Å². The number of nitrogens with one attached hydrogen (secondary N) is 1. The third-order valence-corrected chi connectivity index (χ3v) is 7.00. The van der Waals surface area contributed by atoms with Gasteiger partial charge < -0.3 is 14.6 Å². The van der Waals surface area contributed by atoms with Crippen molar-refractivity contribution in [2.75, 3.05) is 12.4 Å². The molecule has 1 amide bonds. The van der Waals surface area contributed by atoms with Gasteiger partial charge in [0.2, 0.25) is 21.2 Å². The number of para-hydroxylation sites is 1. The molecule has 0 aliphatic carbocycles. The highest BCUT2D eigenvalue weighted by Gasteiger charge is 2.24. The number of rotatable bonds is 6. The summed E-state index contributed by atoms with van der Waals surface area (Å²) in [5.74, 6) is 0.151. The summed E-state index contributed by atoms with van der Waals surface area (Å²) in [7, 11) is -2.66. The van der Waals surface area contributed by atoms with Gasteiger partial charge in [-0.25, -0.2) is 8.42 Å². The van der Waals surface area contributed by atoms with Crippen molar-refractivity contribution in [1.82, 2.24) is 4.57 Å². The Morgan fingerprint density at radius 1 is 1.00 bits per heavy atom. The monoisotopic (exact) mass is 462 g/mol. The molecular weight excluding hydrogens is 440 g/mol. The molecule has 168 valence electrons. The fraction of sp³-hybridized carbons (Fsp3) is 0.120. The van der Waals surface area contributed by atoms with Crippen molar-refractivity contribution in [2.24, 2.45) is 0 Å². The molecule has 1 heterocycles. The number of hydrogen-bond donors (Lipinski definition) is 1. The van der Waals surface area contributed by atoms with E-state index in [0.717, 1.165) is 5.56 Å². The largest absolute Gasteiger partial charge is 0.497 e.